The van der Waals surface area contributed by atoms with Crippen molar-refractivity contribution in [2.75, 3.05) is 47.5 Å². The minimum Gasteiger partial charge on any atom is -0.756 e. The second-order valence-corrected chi connectivity index (χ2v) is 16.0. The fraction of sp³-hybridized carbons (Fsp3) is 0.609. The number of carbonyl (C=O) groups excluding carboxylic acids is 2. The van der Waals surface area contributed by atoms with Crippen LogP contribution < -0.4 is 4.89 Å². The fourth-order valence-electron chi connectivity index (χ4n) is 4.81. The lowest BCUT2D eigenvalue weighted by molar-refractivity contribution is -0.870. The first-order valence-corrected chi connectivity index (χ1v) is 22.4. The van der Waals surface area contributed by atoms with E-state index < -0.39 is 32.5 Å². The van der Waals surface area contributed by atoms with Gasteiger partial charge in [0.05, 0.1) is 27.7 Å². The van der Waals surface area contributed by atoms with Gasteiger partial charge in [0.1, 0.15) is 19.8 Å². The highest BCUT2D eigenvalue weighted by Gasteiger charge is 2.21. The van der Waals surface area contributed by atoms with Crippen molar-refractivity contribution in [2.45, 2.75) is 136 Å². The fourth-order valence-corrected chi connectivity index (χ4v) is 5.54. The van der Waals surface area contributed by atoms with Crippen molar-refractivity contribution in [1.82, 2.24) is 0 Å². The molecule has 318 valence electrons. The molecule has 0 aliphatic heterocycles. The van der Waals surface area contributed by atoms with Crippen LogP contribution in [0.1, 0.15) is 129 Å². The number of allylic oxidation sites excluding steroid dienone is 16. The largest absolute Gasteiger partial charge is 0.756 e. The molecule has 0 spiro atoms. The predicted octanol–water partition coefficient (Wildman–Crippen LogP) is 11.2. The quantitative estimate of drug-likeness (QED) is 0.0202. The zero-order valence-electron chi connectivity index (χ0n) is 35.5. The molecule has 0 fully saturated rings. The van der Waals surface area contributed by atoms with Gasteiger partial charge in [-0.1, -0.05) is 124 Å². The lowest BCUT2D eigenvalue weighted by atomic mass is 10.2. The van der Waals surface area contributed by atoms with Gasteiger partial charge in [0, 0.05) is 12.8 Å². The summed E-state index contributed by atoms with van der Waals surface area (Å²) in [5.74, 6) is -0.962. The molecule has 0 N–H and O–H groups in total. The Labute approximate surface area is 341 Å². The Morgan fingerprint density at radius 2 is 1.02 bits per heavy atom. The van der Waals surface area contributed by atoms with Crippen LogP contribution in [0.4, 0.5) is 0 Å². The van der Waals surface area contributed by atoms with Crippen molar-refractivity contribution in [2.24, 2.45) is 0 Å². The summed E-state index contributed by atoms with van der Waals surface area (Å²) >= 11 is 0. The van der Waals surface area contributed by atoms with Gasteiger partial charge in [-0.25, -0.2) is 0 Å². The van der Waals surface area contributed by atoms with E-state index in [9.17, 15) is 19.0 Å². The molecule has 0 heterocycles. The molecule has 9 nitrogen and oxygen atoms in total. The van der Waals surface area contributed by atoms with Crippen LogP contribution in [-0.2, 0) is 32.7 Å². The van der Waals surface area contributed by atoms with E-state index in [1.54, 1.807) is 0 Å². The zero-order chi connectivity index (χ0) is 41.4. The van der Waals surface area contributed by atoms with Gasteiger partial charge in [0.2, 0.25) is 0 Å². The molecule has 0 aromatic rings. The van der Waals surface area contributed by atoms with Crippen LogP contribution in [0.2, 0.25) is 0 Å². The highest BCUT2D eigenvalue weighted by atomic mass is 31.2. The number of hydrogen-bond acceptors (Lipinski definition) is 8. The second kappa shape index (κ2) is 37.5. The summed E-state index contributed by atoms with van der Waals surface area (Å²) in [5.41, 5.74) is 0. The van der Waals surface area contributed by atoms with Crippen molar-refractivity contribution in [1.29, 1.82) is 0 Å². The summed E-state index contributed by atoms with van der Waals surface area (Å²) in [6.45, 7) is 3.93. The summed E-state index contributed by atoms with van der Waals surface area (Å²) in [6.07, 6.45) is 48.8. The van der Waals surface area contributed by atoms with E-state index in [0.29, 0.717) is 30.3 Å². The summed E-state index contributed by atoms with van der Waals surface area (Å²) in [5, 5.41) is 0. The van der Waals surface area contributed by atoms with Crippen molar-refractivity contribution < 1.29 is 42.1 Å². The van der Waals surface area contributed by atoms with Gasteiger partial charge in [-0.05, 0) is 89.9 Å². The Morgan fingerprint density at radius 3 is 1.50 bits per heavy atom. The highest BCUT2D eigenvalue weighted by molar-refractivity contribution is 7.45. The smallest absolute Gasteiger partial charge is 0.306 e. The molecule has 0 bridgehead atoms. The third kappa shape index (κ3) is 40.6. The monoisotopic (exact) mass is 802 g/mol. The lowest BCUT2D eigenvalue weighted by Crippen LogP contribution is -2.37. The molecule has 1 unspecified atom stereocenters. The number of quaternary nitrogens is 1. The average molecular weight is 802 g/mol. The van der Waals surface area contributed by atoms with E-state index in [1.807, 2.05) is 27.2 Å². The molecule has 0 amide bonds. The molecular weight excluding hydrogens is 725 g/mol. The van der Waals surface area contributed by atoms with Crippen molar-refractivity contribution in [3.05, 3.63) is 97.2 Å². The minimum atomic E-state index is -4.65. The molecule has 0 aliphatic carbocycles. The summed E-state index contributed by atoms with van der Waals surface area (Å²) in [6, 6.07) is 0. The third-order valence-corrected chi connectivity index (χ3v) is 9.05. The van der Waals surface area contributed by atoms with E-state index in [-0.39, 0.29) is 26.1 Å². The Bertz CT molecular complexity index is 1270. The Morgan fingerprint density at radius 1 is 0.571 bits per heavy atom. The Hall–Kier alpha value is -3.07. The maximum Gasteiger partial charge on any atom is 0.306 e. The molecule has 56 heavy (non-hydrogen) atoms. The van der Waals surface area contributed by atoms with E-state index in [2.05, 4.69) is 105 Å². The molecule has 0 aromatic heterocycles. The predicted molar refractivity (Wildman–Crippen MR) is 231 cm³/mol. The molecule has 0 saturated carbocycles. The highest BCUT2D eigenvalue weighted by Crippen LogP contribution is 2.38. The first kappa shape index (κ1) is 52.9. The van der Waals surface area contributed by atoms with Crippen LogP contribution in [0, 0.1) is 0 Å². The lowest BCUT2D eigenvalue weighted by Gasteiger charge is -2.28. The number of esters is 2. The number of phosphoric ester groups is 1. The normalized spacial score (nSPS) is 14.6. The SMILES string of the molecule is CC/C=C\C/C=C\C/C=C\C/C=C\CCCCC(=O)OC[C@H](COP(=O)([O-])OCC[N+](C)(C)C)OC(=O)CCC/C=C\C/C=C\C/C=C\C/C=C\CCCCC. The molecule has 0 aliphatic rings. The maximum absolute atomic E-state index is 12.6. The average Bonchev–Trinajstić information content (AvgIpc) is 3.15. The van der Waals surface area contributed by atoms with Crippen molar-refractivity contribution >= 4 is 19.8 Å². The zero-order valence-corrected chi connectivity index (χ0v) is 36.4. The number of nitrogens with zero attached hydrogens (tertiary/aromatic N) is 1. The number of likely N-dealkylation sites (N-methyl/N-ethyl adjacent to an activating group) is 1. The topological polar surface area (TPSA) is 111 Å². The van der Waals surface area contributed by atoms with Crippen LogP contribution in [0.3, 0.4) is 0 Å². The van der Waals surface area contributed by atoms with Crippen LogP contribution in [-0.4, -0.2) is 70.0 Å². The summed E-state index contributed by atoms with van der Waals surface area (Å²) in [7, 11) is 1.09. The Balaban J connectivity index is 4.59. The van der Waals surface area contributed by atoms with E-state index in [4.69, 9.17) is 18.5 Å². The Kier molecular flexibility index (Phi) is 35.4. The van der Waals surface area contributed by atoms with E-state index >= 15 is 0 Å². The first-order chi connectivity index (χ1) is 27.0. The van der Waals surface area contributed by atoms with Crippen molar-refractivity contribution in [3.8, 4) is 0 Å². The standard InChI is InChI=1S/C46H76NO8P/c1-6-8-10-12-14-16-18-20-22-23-25-27-29-31-33-35-37-39-46(49)55-44(43-54-56(50,51)53-41-40-47(3,4)5)42-52-45(48)38-36-34-32-30-28-26-24-21-19-17-15-13-11-9-7-2/h9,11,14-17,20-22,24-25,27-28,30-31,33,44H,6-8,10,12-13,18-19,23,26,29,32,34-43H2,1-5H3/b11-9-,16-14-,17-15-,22-20-,24-21-,27-25-,30-28-,33-31-/t44-/m1/s1. The third-order valence-electron chi connectivity index (χ3n) is 8.09. The second-order valence-electron chi connectivity index (χ2n) is 14.6. The first-order valence-electron chi connectivity index (χ1n) is 20.9. The van der Waals surface area contributed by atoms with Gasteiger partial charge in [0.25, 0.3) is 7.82 Å². The van der Waals surface area contributed by atoms with Crippen LogP contribution >= 0.6 is 7.82 Å². The molecule has 0 aromatic carbocycles. The van der Waals surface area contributed by atoms with E-state index in [1.165, 1.54) is 19.3 Å². The molecule has 0 saturated heterocycles. The maximum atomic E-state index is 12.6. The van der Waals surface area contributed by atoms with Gasteiger partial charge in [0.15, 0.2) is 6.10 Å². The number of ether oxygens (including phenoxy) is 2. The van der Waals surface area contributed by atoms with Crippen LogP contribution in [0.25, 0.3) is 0 Å². The van der Waals surface area contributed by atoms with E-state index in [0.717, 1.165) is 64.2 Å². The number of hydrogen-bond donors (Lipinski definition) is 0. The van der Waals surface area contributed by atoms with Gasteiger partial charge < -0.3 is 27.9 Å². The number of unbranched alkanes of at least 4 members (excludes halogenated alkanes) is 6. The molecule has 10 heteroatoms. The molecule has 0 rings (SSSR count). The minimum absolute atomic E-state index is 0.0535. The summed E-state index contributed by atoms with van der Waals surface area (Å²) in [4.78, 5) is 37.4. The number of phosphoric acid groups is 1. The van der Waals surface area contributed by atoms with Crippen LogP contribution in [0.15, 0.2) is 97.2 Å². The molecule has 2 atom stereocenters. The number of carbonyl (C=O) groups is 2. The van der Waals surface area contributed by atoms with Gasteiger partial charge in [-0.2, -0.15) is 0 Å². The molecular formula is C46H76NO8P. The van der Waals surface area contributed by atoms with Gasteiger partial charge in [-0.15, -0.1) is 0 Å². The van der Waals surface area contributed by atoms with Gasteiger partial charge >= 0.3 is 11.9 Å². The van der Waals surface area contributed by atoms with Crippen LogP contribution in [0.5, 0.6) is 0 Å². The summed E-state index contributed by atoms with van der Waals surface area (Å²) < 4.78 is 33.7. The number of rotatable bonds is 36. The molecule has 0 radical (unpaired) electrons. The van der Waals surface area contributed by atoms with Crippen molar-refractivity contribution in [3.63, 3.8) is 0 Å². The van der Waals surface area contributed by atoms with Gasteiger partial charge in [-0.3, -0.25) is 14.2 Å².